The van der Waals surface area contributed by atoms with Crippen molar-refractivity contribution < 1.29 is 14.7 Å². The van der Waals surface area contributed by atoms with Crippen LogP contribution >= 0.6 is 0 Å². The molecular formula is C10H14N4O3. The number of nitrogens with one attached hydrogen (secondary N) is 1. The Labute approximate surface area is 98.0 Å². The lowest BCUT2D eigenvalue weighted by atomic mass is 10.3. The number of carboxylic acid groups (broad SMARTS) is 1. The maximum absolute atomic E-state index is 11.4. The molecule has 1 aromatic heterocycles. The molecule has 0 aromatic carbocycles. The van der Waals surface area contributed by atoms with E-state index >= 15 is 0 Å². The molecule has 1 fully saturated rings. The highest BCUT2D eigenvalue weighted by Crippen LogP contribution is 2.01. The van der Waals surface area contributed by atoms with Gasteiger partial charge in [0.2, 0.25) is 0 Å². The van der Waals surface area contributed by atoms with Crippen molar-refractivity contribution >= 4 is 12.0 Å². The highest BCUT2D eigenvalue weighted by molar-refractivity contribution is 5.84. The summed E-state index contributed by atoms with van der Waals surface area (Å²) in [6.45, 7) is 2.57. The molecule has 2 rings (SSSR count). The second-order valence-corrected chi connectivity index (χ2v) is 3.87. The number of aromatic nitrogens is 2. The maximum atomic E-state index is 11.4. The van der Waals surface area contributed by atoms with Crippen LogP contribution in [0.25, 0.3) is 0 Å². The van der Waals surface area contributed by atoms with Gasteiger partial charge in [-0.3, -0.25) is 0 Å². The largest absolute Gasteiger partial charge is 0.476 e. The van der Waals surface area contributed by atoms with E-state index in [2.05, 4.69) is 10.3 Å². The third kappa shape index (κ3) is 2.74. The standard InChI is InChI=1S/C10H14N4O3/c15-9(16)8-6-13(7-12-8)4-5-14-3-1-2-11-10(14)17/h6-7H,1-5H2,(H,11,17)(H,15,16). The van der Waals surface area contributed by atoms with Crippen molar-refractivity contribution in [1.29, 1.82) is 0 Å². The Morgan fingerprint density at radius 2 is 2.35 bits per heavy atom. The fraction of sp³-hybridized carbons (Fsp3) is 0.500. The first-order valence-electron chi connectivity index (χ1n) is 5.44. The maximum Gasteiger partial charge on any atom is 0.356 e. The van der Waals surface area contributed by atoms with Gasteiger partial charge in [0.05, 0.1) is 6.33 Å². The number of carbonyl (C=O) groups is 2. The number of hydrogen-bond acceptors (Lipinski definition) is 3. The van der Waals surface area contributed by atoms with E-state index in [9.17, 15) is 9.59 Å². The molecule has 17 heavy (non-hydrogen) atoms. The molecular weight excluding hydrogens is 224 g/mol. The van der Waals surface area contributed by atoms with Crippen molar-refractivity contribution in [1.82, 2.24) is 19.8 Å². The molecule has 0 radical (unpaired) electrons. The number of rotatable bonds is 4. The quantitative estimate of drug-likeness (QED) is 0.772. The van der Waals surface area contributed by atoms with Gasteiger partial charge in [-0.1, -0.05) is 0 Å². The molecule has 7 nitrogen and oxygen atoms in total. The van der Waals surface area contributed by atoms with E-state index in [1.165, 1.54) is 12.5 Å². The lowest BCUT2D eigenvalue weighted by Crippen LogP contribution is -2.47. The summed E-state index contributed by atoms with van der Waals surface area (Å²) in [5, 5.41) is 11.5. The van der Waals surface area contributed by atoms with Crippen LogP contribution in [-0.2, 0) is 6.54 Å². The zero-order valence-corrected chi connectivity index (χ0v) is 9.30. The van der Waals surface area contributed by atoms with Crippen LogP contribution in [0.3, 0.4) is 0 Å². The van der Waals surface area contributed by atoms with Crippen LogP contribution in [0.4, 0.5) is 4.79 Å². The third-order valence-corrected chi connectivity index (χ3v) is 2.65. The van der Waals surface area contributed by atoms with Crippen molar-refractivity contribution in [2.45, 2.75) is 13.0 Å². The van der Waals surface area contributed by atoms with Crippen molar-refractivity contribution in [2.24, 2.45) is 0 Å². The lowest BCUT2D eigenvalue weighted by Gasteiger charge is -2.27. The molecule has 7 heteroatoms. The molecule has 0 unspecified atom stereocenters. The Morgan fingerprint density at radius 3 is 3.00 bits per heavy atom. The Bertz CT molecular complexity index is 429. The van der Waals surface area contributed by atoms with E-state index in [1.54, 1.807) is 9.47 Å². The Balaban J connectivity index is 1.88. The molecule has 0 aliphatic carbocycles. The summed E-state index contributed by atoms with van der Waals surface area (Å²) in [5.74, 6) is -1.04. The smallest absolute Gasteiger partial charge is 0.356 e. The van der Waals surface area contributed by atoms with Gasteiger partial charge in [-0.25, -0.2) is 14.6 Å². The fourth-order valence-electron chi connectivity index (χ4n) is 1.72. The molecule has 0 bridgehead atoms. The van der Waals surface area contributed by atoms with E-state index < -0.39 is 5.97 Å². The molecule has 1 aliphatic rings. The van der Waals surface area contributed by atoms with E-state index in [-0.39, 0.29) is 11.7 Å². The minimum absolute atomic E-state index is 0.0214. The normalized spacial score (nSPS) is 15.8. The van der Waals surface area contributed by atoms with Crippen LogP contribution in [0.2, 0.25) is 0 Å². The van der Waals surface area contributed by atoms with Gasteiger partial charge >= 0.3 is 12.0 Å². The van der Waals surface area contributed by atoms with Crippen LogP contribution in [0.15, 0.2) is 12.5 Å². The first-order chi connectivity index (χ1) is 8.16. The molecule has 0 atom stereocenters. The zero-order valence-electron chi connectivity index (χ0n) is 9.30. The number of nitrogens with zero attached hydrogens (tertiary/aromatic N) is 3. The summed E-state index contributed by atoms with van der Waals surface area (Å²) in [4.78, 5) is 27.5. The minimum Gasteiger partial charge on any atom is -0.476 e. The number of imidazole rings is 1. The summed E-state index contributed by atoms with van der Waals surface area (Å²) in [7, 11) is 0. The van der Waals surface area contributed by atoms with Gasteiger partial charge in [0.15, 0.2) is 5.69 Å². The van der Waals surface area contributed by atoms with E-state index in [4.69, 9.17) is 5.11 Å². The van der Waals surface area contributed by atoms with Crippen molar-refractivity contribution in [3.8, 4) is 0 Å². The first-order valence-corrected chi connectivity index (χ1v) is 5.44. The average molecular weight is 238 g/mol. The minimum atomic E-state index is -1.04. The van der Waals surface area contributed by atoms with Crippen molar-refractivity contribution in [3.05, 3.63) is 18.2 Å². The van der Waals surface area contributed by atoms with Gasteiger partial charge in [-0.2, -0.15) is 0 Å². The van der Waals surface area contributed by atoms with Crippen LogP contribution < -0.4 is 5.32 Å². The molecule has 0 spiro atoms. The summed E-state index contributed by atoms with van der Waals surface area (Å²) < 4.78 is 1.67. The number of carbonyl (C=O) groups excluding carboxylic acids is 1. The van der Waals surface area contributed by atoms with Gasteiger partial charge in [0, 0.05) is 32.4 Å². The van der Waals surface area contributed by atoms with Crippen molar-refractivity contribution in [3.63, 3.8) is 0 Å². The number of carboxylic acids is 1. The summed E-state index contributed by atoms with van der Waals surface area (Å²) in [6.07, 6.45) is 3.87. The average Bonchev–Trinajstić information content (AvgIpc) is 2.77. The Hall–Kier alpha value is -2.05. The van der Waals surface area contributed by atoms with Gasteiger partial charge in [0.25, 0.3) is 0 Å². The fourth-order valence-corrected chi connectivity index (χ4v) is 1.72. The number of urea groups is 1. The second-order valence-electron chi connectivity index (χ2n) is 3.87. The van der Waals surface area contributed by atoms with E-state index in [1.807, 2.05) is 0 Å². The molecule has 2 amide bonds. The lowest BCUT2D eigenvalue weighted by molar-refractivity contribution is 0.0691. The number of aromatic carboxylic acids is 1. The molecule has 92 valence electrons. The molecule has 1 saturated heterocycles. The van der Waals surface area contributed by atoms with Crippen molar-refractivity contribution in [2.75, 3.05) is 19.6 Å². The number of amides is 2. The molecule has 2 N–H and O–H groups in total. The second kappa shape index (κ2) is 4.86. The molecule has 0 saturated carbocycles. The summed E-state index contributed by atoms with van der Waals surface area (Å²) in [6, 6.07) is -0.0603. The first kappa shape index (κ1) is 11.4. The van der Waals surface area contributed by atoms with Crippen LogP contribution in [0.1, 0.15) is 16.9 Å². The van der Waals surface area contributed by atoms with E-state index in [0.29, 0.717) is 13.1 Å². The van der Waals surface area contributed by atoms with Crippen LogP contribution in [0, 0.1) is 0 Å². The molecule has 1 aliphatic heterocycles. The molecule has 2 heterocycles. The molecule has 1 aromatic rings. The predicted octanol–water partition coefficient (Wildman–Crippen LogP) is -0.00340. The Kier molecular flexibility index (Phi) is 3.27. The predicted molar refractivity (Wildman–Crippen MR) is 58.8 cm³/mol. The highest BCUT2D eigenvalue weighted by Gasteiger charge is 2.16. The van der Waals surface area contributed by atoms with Gasteiger partial charge in [-0.05, 0) is 6.42 Å². The topological polar surface area (TPSA) is 87.5 Å². The van der Waals surface area contributed by atoms with Crippen LogP contribution in [0.5, 0.6) is 0 Å². The monoisotopic (exact) mass is 238 g/mol. The van der Waals surface area contributed by atoms with Gasteiger partial charge in [0.1, 0.15) is 0 Å². The third-order valence-electron chi connectivity index (χ3n) is 2.65. The van der Waals surface area contributed by atoms with Gasteiger partial charge in [-0.15, -0.1) is 0 Å². The summed E-state index contributed by atoms with van der Waals surface area (Å²) in [5.41, 5.74) is 0.0214. The number of hydrogen-bond donors (Lipinski definition) is 2. The summed E-state index contributed by atoms with van der Waals surface area (Å²) >= 11 is 0. The van der Waals surface area contributed by atoms with Crippen LogP contribution in [-0.4, -0.2) is 51.2 Å². The Morgan fingerprint density at radius 1 is 1.53 bits per heavy atom. The van der Waals surface area contributed by atoms with E-state index in [0.717, 1.165) is 19.5 Å². The highest BCUT2D eigenvalue weighted by atomic mass is 16.4. The van der Waals surface area contributed by atoms with Gasteiger partial charge < -0.3 is 19.9 Å². The SMILES string of the molecule is O=C(O)c1cn(CCN2CCCNC2=O)cn1. The zero-order chi connectivity index (χ0) is 12.3.